The van der Waals surface area contributed by atoms with Gasteiger partial charge in [-0.15, -0.1) is 0 Å². The predicted octanol–water partition coefficient (Wildman–Crippen LogP) is 2.69. The number of urea groups is 1. The molecule has 116 valence electrons. The van der Waals surface area contributed by atoms with Crippen LogP contribution in [0.1, 0.15) is 54.4 Å². The molecule has 2 amide bonds. The summed E-state index contributed by atoms with van der Waals surface area (Å²) in [6, 6.07) is 0.0966. The summed E-state index contributed by atoms with van der Waals surface area (Å²) < 4.78 is 0. The highest BCUT2D eigenvalue weighted by Gasteiger charge is 2.48. The summed E-state index contributed by atoms with van der Waals surface area (Å²) in [6.45, 7) is 17.1. The third-order valence-corrected chi connectivity index (χ3v) is 4.59. The van der Waals surface area contributed by atoms with Crippen molar-refractivity contribution >= 4 is 6.03 Å². The molecule has 20 heavy (non-hydrogen) atoms. The van der Waals surface area contributed by atoms with E-state index in [9.17, 15) is 4.79 Å². The van der Waals surface area contributed by atoms with Crippen LogP contribution in [0.4, 0.5) is 4.79 Å². The van der Waals surface area contributed by atoms with Crippen molar-refractivity contribution < 1.29 is 4.79 Å². The number of hydrogen-bond acceptors (Lipinski definition) is 2. The van der Waals surface area contributed by atoms with Crippen molar-refractivity contribution in [3.63, 3.8) is 0 Å². The van der Waals surface area contributed by atoms with E-state index in [1.165, 1.54) is 13.1 Å². The van der Waals surface area contributed by atoms with Crippen LogP contribution in [0.25, 0.3) is 0 Å². The summed E-state index contributed by atoms with van der Waals surface area (Å²) in [5, 5.41) is 3.06. The second kappa shape index (κ2) is 4.90. The number of carbonyl (C=O) groups excluding carboxylic acids is 1. The summed E-state index contributed by atoms with van der Waals surface area (Å²) in [7, 11) is 0. The lowest BCUT2D eigenvalue weighted by atomic mass is 9.70. The zero-order valence-corrected chi connectivity index (χ0v) is 14.0. The minimum atomic E-state index is -0.147. The Kier molecular flexibility index (Phi) is 3.83. The summed E-state index contributed by atoms with van der Waals surface area (Å²) in [4.78, 5) is 16.7. The summed E-state index contributed by atoms with van der Waals surface area (Å²) in [5.74, 6) is 0. The van der Waals surface area contributed by atoms with Crippen molar-refractivity contribution in [1.29, 1.82) is 0 Å². The van der Waals surface area contributed by atoms with Gasteiger partial charge in [-0.2, -0.15) is 0 Å². The fraction of sp³-hybridized carbons (Fsp3) is 0.938. The minimum Gasteiger partial charge on any atom is -0.333 e. The maximum Gasteiger partial charge on any atom is 0.317 e. The normalized spacial score (nSPS) is 23.6. The van der Waals surface area contributed by atoms with E-state index in [4.69, 9.17) is 0 Å². The van der Waals surface area contributed by atoms with Gasteiger partial charge in [-0.25, -0.2) is 4.79 Å². The van der Waals surface area contributed by atoms with Gasteiger partial charge in [-0.05, 0) is 59.8 Å². The summed E-state index contributed by atoms with van der Waals surface area (Å²) >= 11 is 0. The smallest absolute Gasteiger partial charge is 0.317 e. The summed E-state index contributed by atoms with van der Waals surface area (Å²) in [6.07, 6.45) is 2.30. The molecule has 0 aromatic heterocycles. The van der Waals surface area contributed by atoms with Crippen molar-refractivity contribution in [3.8, 4) is 0 Å². The second-order valence-corrected chi connectivity index (χ2v) is 8.69. The highest BCUT2D eigenvalue weighted by molar-refractivity contribution is 5.75. The van der Waals surface area contributed by atoms with Gasteiger partial charge in [0.2, 0.25) is 0 Å². The van der Waals surface area contributed by atoms with Crippen molar-refractivity contribution in [2.75, 3.05) is 26.2 Å². The molecule has 2 saturated heterocycles. The summed E-state index contributed by atoms with van der Waals surface area (Å²) in [5.41, 5.74) is 0.615. The van der Waals surface area contributed by atoms with Gasteiger partial charge in [-0.3, -0.25) is 4.90 Å². The van der Waals surface area contributed by atoms with Crippen molar-refractivity contribution in [3.05, 3.63) is 0 Å². The van der Waals surface area contributed by atoms with Crippen LogP contribution in [0.15, 0.2) is 0 Å². The number of amides is 2. The molecule has 2 aliphatic heterocycles. The minimum absolute atomic E-state index is 0.0966. The maximum absolute atomic E-state index is 12.2. The third kappa shape index (κ3) is 3.46. The molecule has 2 aliphatic rings. The van der Waals surface area contributed by atoms with Gasteiger partial charge in [0.15, 0.2) is 0 Å². The lowest BCUT2D eigenvalue weighted by Gasteiger charge is -2.58. The molecule has 2 rings (SSSR count). The molecule has 2 heterocycles. The van der Waals surface area contributed by atoms with Gasteiger partial charge in [0.25, 0.3) is 0 Å². The van der Waals surface area contributed by atoms with Crippen LogP contribution in [0.5, 0.6) is 0 Å². The van der Waals surface area contributed by atoms with Crippen LogP contribution < -0.4 is 5.32 Å². The topological polar surface area (TPSA) is 35.6 Å². The molecule has 0 unspecified atom stereocenters. The number of carbonyl (C=O) groups is 1. The Hall–Kier alpha value is -0.770. The van der Waals surface area contributed by atoms with E-state index in [1.807, 2.05) is 25.7 Å². The third-order valence-electron chi connectivity index (χ3n) is 4.59. The van der Waals surface area contributed by atoms with Gasteiger partial charge >= 0.3 is 6.03 Å². The number of likely N-dealkylation sites (tertiary alicyclic amines) is 2. The Balaban J connectivity index is 1.81. The van der Waals surface area contributed by atoms with Crippen LogP contribution >= 0.6 is 0 Å². The SMILES string of the molecule is CC(C)(C)NC(=O)N1CCC2(CC1)CN(C(C)(C)C)C2. The van der Waals surface area contributed by atoms with E-state index in [0.29, 0.717) is 5.41 Å². The van der Waals surface area contributed by atoms with E-state index in [0.717, 1.165) is 25.9 Å². The fourth-order valence-electron chi connectivity index (χ4n) is 3.14. The molecular formula is C16H31N3O. The van der Waals surface area contributed by atoms with Crippen LogP contribution in [0.2, 0.25) is 0 Å². The van der Waals surface area contributed by atoms with Gasteiger partial charge in [0.05, 0.1) is 0 Å². The lowest BCUT2D eigenvalue weighted by Crippen LogP contribution is -2.66. The average molecular weight is 281 g/mol. The first-order chi connectivity index (χ1) is 9.01. The quantitative estimate of drug-likeness (QED) is 0.741. The zero-order chi connectivity index (χ0) is 15.2. The molecule has 0 bridgehead atoms. The van der Waals surface area contributed by atoms with Gasteiger partial charge < -0.3 is 10.2 Å². The number of nitrogens with zero attached hydrogens (tertiary/aromatic N) is 2. The van der Waals surface area contributed by atoms with E-state index in [1.54, 1.807) is 0 Å². The van der Waals surface area contributed by atoms with Crippen molar-refractivity contribution in [2.45, 2.75) is 65.5 Å². The highest BCUT2D eigenvalue weighted by Crippen LogP contribution is 2.43. The molecule has 0 atom stereocenters. The molecule has 4 nitrogen and oxygen atoms in total. The largest absolute Gasteiger partial charge is 0.333 e. The molecule has 0 radical (unpaired) electrons. The Morgan fingerprint density at radius 1 is 1.00 bits per heavy atom. The molecule has 4 heteroatoms. The van der Waals surface area contributed by atoms with E-state index in [2.05, 4.69) is 31.0 Å². The van der Waals surface area contributed by atoms with Gasteiger partial charge in [0, 0.05) is 37.3 Å². The Morgan fingerprint density at radius 2 is 1.50 bits per heavy atom. The number of rotatable bonds is 0. The van der Waals surface area contributed by atoms with Gasteiger partial charge in [-0.1, -0.05) is 0 Å². The first kappa shape index (κ1) is 15.6. The standard InChI is InChI=1S/C16H31N3O/c1-14(2,3)17-13(20)18-9-7-16(8-10-18)11-19(12-16)15(4,5)6/h7-12H2,1-6H3,(H,17,20). The van der Waals surface area contributed by atoms with Gasteiger partial charge in [0.1, 0.15) is 0 Å². The Labute approximate surface area is 123 Å². The van der Waals surface area contributed by atoms with Crippen molar-refractivity contribution in [2.24, 2.45) is 5.41 Å². The molecule has 0 aromatic carbocycles. The zero-order valence-electron chi connectivity index (χ0n) is 14.0. The first-order valence-electron chi connectivity index (χ1n) is 7.83. The molecule has 0 aliphatic carbocycles. The molecule has 2 fully saturated rings. The van der Waals surface area contributed by atoms with E-state index >= 15 is 0 Å². The van der Waals surface area contributed by atoms with Crippen LogP contribution in [-0.2, 0) is 0 Å². The average Bonchev–Trinajstić information content (AvgIpc) is 2.22. The van der Waals surface area contributed by atoms with E-state index < -0.39 is 0 Å². The lowest BCUT2D eigenvalue weighted by molar-refractivity contribution is -0.0854. The number of hydrogen-bond donors (Lipinski definition) is 1. The molecule has 0 aromatic rings. The van der Waals surface area contributed by atoms with Crippen LogP contribution in [0.3, 0.4) is 0 Å². The molecule has 1 N–H and O–H groups in total. The molecular weight excluding hydrogens is 250 g/mol. The molecule has 1 spiro atoms. The Morgan fingerprint density at radius 3 is 1.90 bits per heavy atom. The fourth-order valence-corrected chi connectivity index (χ4v) is 3.14. The van der Waals surface area contributed by atoms with Crippen molar-refractivity contribution in [1.82, 2.24) is 15.1 Å². The second-order valence-electron chi connectivity index (χ2n) is 8.69. The highest BCUT2D eigenvalue weighted by atomic mass is 16.2. The number of nitrogens with one attached hydrogen (secondary N) is 1. The Bertz CT molecular complexity index is 362. The monoisotopic (exact) mass is 281 g/mol. The maximum atomic E-state index is 12.2. The van der Waals surface area contributed by atoms with Crippen LogP contribution in [0, 0.1) is 5.41 Å². The van der Waals surface area contributed by atoms with E-state index in [-0.39, 0.29) is 17.1 Å². The number of piperidine rings is 1. The predicted molar refractivity (Wildman–Crippen MR) is 82.9 cm³/mol. The molecule has 0 saturated carbocycles. The first-order valence-corrected chi connectivity index (χ1v) is 7.83. The van der Waals surface area contributed by atoms with Crippen LogP contribution in [-0.4, -0.2) is 53.1 Å².